The lowest BCUT2D eigenvalue weighted by Crippen LogP contribution is -2.42. The Kier molecular flexibility index (Phi) is 3.30. The van der Waals surface area contributed by atoms with Crippen LogP contribution in [0.1, 0.15) is 35.6 Å². The number of fused-ring (bicyclic) bond motifs is 1. The van der Waals surface area contributed by atoms with E-state index in [0.717, 1.165) is 25.1 Å². The molecule has 2 amide bonds. The van der Waals surface area contributed by atoms with E-state index in [-0.39, 0.29) is 11.8 Å². The van der Waals surface area contributed by atoms with Crippen molar-refractivity contribution in [2.24, 2.45) is 11.7 Å². The molecule has 0 saturated heterocycles. The molecule has 1 atom stereocenters. The van der Waals surface area contributed by atoms with Gasteiger partial charge in [-0.2, -0.15) is 0 Å². The van der Waals surface area contributed by atoms with E-state index in [1.165, 1.54) is 6.20 Å². The SMILES string of the molecule is NC(=O)c1cnc2n1CCN(C(=O)C1CC=CCC1)C2. The first-order chi connectivity index (χ1) is 9.66. The second-order valence-electron chi connectivity index (χ2n) is 5.32. The molecule has 1 aliphatic heterocycles. The van der Waals surface area contributed by atoms with Crippen molar-refractivity contribution in [1.82, 2.24) is 14.5 Å². The summed E-state index contributed by atoms with van der Waals surface area (Å²) in [7, 11) is 0. The normalized spacial score (nSPS) is 21.6. The van der Waals surface area contributed by atoms with E-state index in [2.05, 4.69) is 17.1 Å². The Morgan fingerprint density at radius 1 is 1.30 bits per heavy atom. The average Bonchev–Trinajstić information content (AvgIpc) is 2.90. The van der Waals surface area contributed by atoms with Crippen molar-refractivity contribution >= 4 is 11.8 Å². The summed E-state index contributed by atoms with van der Waals surface area (Å²) >= 11 is 0. The third kappa shape index (κ3) is 2.21. The Bertz CT molecular complexity index is 576. The van der Waals surface area contributed by atoms with E-state index in [4.69, 9.17) is 5.73 Å². The fourth-order valence-corrected chi connectivity index (χ4v) is 2.92. The molecule has 1 aromatic heterocycles. The highest BCUT2D eigenvalue weighted by molar-refractivity contribution is 5.91. The maximum Gasteiger partial charge on any atom is 0.266 e. The Labute approximate surface area is 117 Å². The van der Waals surface area contributed by atoms with Gasteiger partial charge in [-0.25, -0.2) is 4.98 Å². The zero-order valence-corrected chi connectivity index (χ0v) is 11.3. The van der Waals surface area contributed by atoms with E-state index in [0.29, 0.717) is 25.3 Å². The molecule has 3 rings (SSSR count). The molecule has 0 radical (unpaired) electrons. The lowest BCUT2D eigenvalue weighted by atomic mass is 9.93. The summed E-state index contributed by atoms with van der Waals surface area (Å²) < 4.78 is 1.81. The zero-order valence-electron chi connectivity index (χ0n) is 11.3. The average molecular weight is 274 g/mol. The van der Waals surface area contributed by atoms with Crippen molar-refractivity contribution in [3.63, 3.8) is 0 Å². The summed E-state index contributed by atoms with van der Waals surface area (Å²) in [6.45, 7) is 1.66. The number of nitrogens with two attached hydrogens (primary N) is 1. The monoisotopic (exact) mass is 274 g/mol. The number of allylic oxidation sites excluding steroid dienone is 2. The number of aromatic nitrogens is 2. The van der Waals surface area contributed by atoms with Crippen LogP contribution in [0.3, 0.4) is 0 Å². The highest BCUT2D eigenvalue weighted by atomic mass is 16.2. The van der Waals surface area contributed by atoms with Crippen LogP contribution >= 0.6 is 0 Å². The van der Waals surface area contributed by atoms with Crippen molar-refractivity contribution in [2.75, 3.05) is 6.54 Å². The minimum atomic E-state index is -0.471. The lowest BCUT2D eigenvalue weighted by molar-refractivity contribution is -0.137. The fraction of sp³-hybridized carbons (Fsp3) is 0.500. The summed E-state index contributed by atoms with van der Waals surface area (Å²) in [5.41, 5.74) is 5.73. The summed E-state index contributed by atoms with van der Waals surface area (Å²) in [6, 6.07) is 0. The van der Waals surface area contributed by atoms with Gasteiger partial charge < -0.3 is 15.2 Å². The van der Waals surface area contributed by atoms with Crippen molar-refractivity contribution in [3.8, 4) is 0 Å². The van der Waals surface area contributed by atoms with Crippen LogP contribution < -0.4 is 5.73 Å². The van der Waals surface area contributed by atoms with Crippen LogP contribution in [0.15, 0.2) is 18.3 Å². The molecule has 6 heteroatoms. The van der Waals surface area contributed by atoms with Crippen LogP contribution in [0, 0.1) is 5.92 Å². The predicted octanol–water partition coefficient (Wildman–Crippen LogP) is 0.680. The number of carbonyl (C=O) groups is 2. The quantitative estimate of drug-likeness (QED) is 0.805. The number of carbonyl (C=O) groups excluding carboxylic acids is 2. The highest BCUT2D eigenvalue weighted by Gasteiger charge is 2.29. The summed E-state index contributed by atoms with van der Waals surface area (Å²) in [5.74, 6) is 0.562. The topological polar surface area (TPSA) is 81.2 Å². The molecule has 1 unspecified atom stereocenters. The van der Waals surface area contributed by atoms with Crippen LogP contribution in [0.4, 0.5) is 0 Å². The standard InChI is InChI=1S/C14H18N4O2/c15-13(19)11-8-16-12-9-17(6-7-18(11)12)14(20)10-4-2-1-3-5-10/h1-2,8,10H,3-7,9H2,(H2,15,19). The first kappa shape index (κ1) is 12.9. The predicted molar refractivity (Wildman–Crippen MR) is 72.6 cm³/mol. The first-order valence-corrected chi connectivity index (χ1v) is 6.95. The van der Waals surface area contributed by atoms with E-state index in [1.54, 1.807) is 0 Å². The van der Waals surface area contributed by atoms with Crippen LogP contribution in [-0.4, -0.2) is 32.8 Å². The molecular formula is C14H18N4O2. The molecule has 20 heavy (non-hydrogen) atoms. The Hall–Kier alpha value is -2.11. The highest BCUT2D eigenvalue weighted by Crippen LogP contribution is 2.23. The number of hydrogen-bond acceptors (Lipinski definition) is 3. The lowest BCUT2D eigenvalue weighted by Gasteiger charge is -2.31. The minimum Gasteiger partial charge on any atom is -0.364 e. The Morgan fingerprint density at radius 2 is 2.15 bits per heavy atom. The molecular weight excluding hydrogens is 256 g/mol. The van der Waals surface area contributed by atoms with Gasteiger partial charge in [-0.15, -0.1) is 0 Å². The van der Waals surface area contributed by atoms with Crippen LogP contribution in [0.5, 0.6) is 0 Å². The van der Waals surface area contributed by atoms with Crippen LogP contribution in [0.25, 0.3) is 0 Å². The maximum atomic E-state index is 12.5. The van der Waals surface area contributed by atoms with Gasteiger partial charge in [0.05, 0.1) is 12.7 Å². The van der Waals surface area contributed by atoms with Gasteiger partial charge in [0.25, 0.3) is 5.91 Å². The first-order valence-electron chi connectivity index (χ1n) is 6.95. The van der Waals surface area contributed by atoms with E-state index in [1.807, 2.05) is 9.47 Å². The largest absolute Gasteiger partial charge is 0.364 e. The van der Waals surface area contributed by atoms with Crippen molar-refractivity contribution in [1.29, 1.82) is 0 Å². The van der Waals surface area contributed by atoms with Crippen molar-refractivity contribution in [2.45, 2.75) is 32.4 Å². The van der Waals surface area contributed by atoms with E-state index < -0.39 is 5.91 Å². The van der Waals surface area contributed by atoms with Gasteiger partial charge in [-0.1, -0.05) is 12.2 Å². The number of hydrogen-bond donors (Lipinski definition) is 1. The number of imidazole rings is 1. The second-order valence-corrected chi connectivity index (χ2v) is 5.32. The molecule has 2 heterocycles. The van der Waals surface area contributed by atoms with Gasteiger partial charge in [0.2, 0.25) is 5.91 Å². The number of primary amides is 1. The van der Waals surface area contributed by atoms with E-state index >= 15 is 0 Å². The van der Waals surface area contributed by atoms with Crippen LogP contribution in [-0.2, 0) is 17.9 Å². The van der Waals surface area contributed by atoms with Gasteiger partial charge in [-0.05, 0) is 19.3 Å². The molecule has 2 N–H and O–H groups in total. The Balaban J connectivity index is 1.74. The van der Waals surface area contributed by atoms with Gasteiger partial charge in [0.1, 0.15) is 11.5 Å². The molecule has 0 spiro atoms. The zero-order chi connectivity index (χ0) is 14.1. The van der Waals surface area contributed by atoms with E-state index in [9.17, 15) is 9.59 Å². The van der Waals surface area contributed by atoms with Crippen molar-refractivity contribution in [3.05, 3.63) is 29.9 Å². The third-order valence-corrected chi connectivity index (χ3v) is 4.05. The Morgan fingerprint density at radius 3 is 2.85 bits per heavy atom. The number of rotatable bonds is 2. The second kappa shape index (κ2) is 5.11. The molecule has 0 aromatic carbocycles. The molecule has 2 aliphatic rings. The number of amides is 2. The van der Waals surface area contributed by atoms with Gasteiger partial charge in [0, 0.05) is 19.0 Å². The van der Waals surface area contributed by atoms with Gasteiger partial charge in [0.15, 0.2) is 0 Å². The number of nitrogens with zero attached hydrogens (tertiary/aromatic N) is 3. The van der Waals surface area contributed by atoms with Crippen LogP contribution in [0.2, 0.25) is 0 Å². The van der Waals surface area contributed by atoms with Gasteiger partial charge in [-0.3, -0.25) is 9.59 Å². The molecule has 0 saturated carbocycles. The van der Waals surface area contributed by atoms with Crippen molar-refractivity contribution < 1.29 is 9.59 Å². The summed E-state index contributed by atoms with van der Waals surface area (Å²) in [5, 5.41) is 0. The molecule has 1 aliphatic carbocycles. The maximum absolute atomic E-state index is 12.5. The molecule has 106 valence electrons. The summed E-state index contributed by atoms with van der Waals surface area (Å²) in [6.07, 6.45) is 8.44. The molecule has 0 fully saturated rings. The summed E-state index contributed by atoms with van der Waals surface area (Å²) in [4.78, 5) is 29.8. The molecule has 6 nitrogen and oxygen atoms in total. The molecule has 1 aromatic rings. The third-order valence-electron chi connectivity index (χ3n) is 4.05. The minimum absolute atomic E-state index is 0.0946. The molecule has 0 bridgehead atoms. The fourth-order valence-electron chi connectivity index (χ4n) is 2.92. The van der Waals surface area contributed by atoms with Gasteiger partial charge >= 0.3 is 0 Å². The smallest absolute Gasteiger partial charge is 0.266 e.